The normalized spacial score (nSPS) is 49.3. The molecule has 0 amide bonds. The number of ether oxygens (including phenoxy) is 1. The van der Waals surface area contributed by atoms with Crippen molar-refractivity contribution >= 4 is 11.6 Å². The van der Waals surface area contributed by atoms with Gasteiger partial charge in [0.05, 0.1) is 0 Å². The molecule has 0 bridgehead atoms. The van der Waals surface area contributed by atoms with Crippen molar-refractivity contribution in [2.75, 3.05) is 6.61 Å². The van der Waals surface area contributed by atoms with Crippen LogP contribution in [-0.4, -0.2) is 23.8 Å². The van der Waals surface area contributed by atoms with Crippen LogP contribution in [0.25, 0.3) is 0 Å². The second kappa shape index (κ2) is 6.68. The first-order valence-corrected chi connectivity index (χ1v) is 11.4. The number of carbonyl (C=O) groups is 2. The third kappa shape index (κ3) is 2.78. The standard InChI is InChI=1S/C24H38O3/c1-5-14-27-24(16(2)25)13-12-22(3)17(15-24)6-7-18-19-8-9-21(26)23(19,4)11-10-20(18)22/h17-20H,5-15H2,1-4H3/t17-,18+,19+,20-,22-,23-,24-/m0/s1. The van der Waals surface area contributed by atoms with E-state index >= 15 is 0 Å². The Morgan fingerprint density at radius 1 is 1.07 bits per heavy atom. The average molecular weight is 375 g/mol. The maximum atomic E-state index is 12.6. The summed E-state index contributed by atoms with van der Waals surface area (Å²) < 4.78 is 6.22. The molecule has 0 spiro atoms. The van der Waals surface area contributed by atoms with Crippen molar-refractivity contribution in [3.63, 3.8) is 0 Å². The van der Waals surface area contributed by atoms with E-state index in [-0.39, 0.29) is 11.2 Å². The van der Waals surface area contributed by atoms with E-state index in [2.05, 4.69) is 20.8 Å². The van der Waals surface area contributed by atoms with Gasteiger partial charge in [-0.1, -0.05) is 20.8 Å². The fourth-order valence-corrected chi connectivity index (χ4v) is 7.85. The molecule has 4 rings (SSSR count). The first kappa shape index (κ1) is 19.6. The molecule has 27 heavy (non-hydrogen) atoms. The molecule has 0 heterocycles. The minimum absolute atomic E-state index is 0.0353. The van der Waals surface area contributed by atoms with Crippen LogP contribution >= 0.6 is 0 Å². The number of hydrogen-bond donors (Lipinski definition) is 0. The summed E-state index contributed by atoms with van der Waals surface area (Å²) in [5, 5.41) is 0. The van der Waals surface area contributed by atoms with Gasteiger partial charge in [-0.15, -0.1) is 0 Å². The highest BCUT2D eigenvalue weighted by Gasteiger charge is 2.62. The van der Waals surface area contributed by atoms with E-state index in [0.29, 0.717) is 29.6 Å². The molecule has 0 unspecified atom stereocenters. The van der Waals surface area contributed by atoms with Gasteiger partial charge in [0.1, 0.15) is 11.4 Å². The summed E-state index contributed by atoms with van der Waals surface area (Å²) in [6.45, 7) is 9.32. The Morgan fingerprint density at radius 3 is 2.56 bits per heavy atom. The first-order chi connectivity index (χ1) is 12.8. The Balaban J connectivity index is 1.57. The van der Waals surface area contributed by atoms with Crippen molar-refractivity contribution in [1.82, 2.24) is 0 Å². The van der Waals surface area contributed by atoms with Gasteiger partial charge in [-0.3, -0.25) is 9.59 Å². The van der Waals surface area contributed by atoms with E-state index in [4.69, 9.17) is 4.74 Å². The zero-order valence-electron chi connectivity index (χ0n) is 17.8. The van der Waals surface area contributed by atoms with Crippen LogP contribution < -0.4 is 0 Å². The molecule has 7 atom stereocenters. The molecule has 0 aliphatic heterocycles. The second-order valence-electron chi connectivity index (χ2n) is 10.7. The molecular weight excluding hydrogens is 336 g/mol. The van der Waals surface area contributed by atoms with Crippen LogP contribution in [0.1, 0.15) is 91.9 Å². The third-order valence-electron chi connectivity index (χ3n) is 9.64. The summed E-state index contributed by atoms with van der Waals surface area (Å²) in [6.07, 6.45) is 10.6. The highest BCUT2D eigenvalue weighted by atomic mass is 16.5. The summed E-state index contributed by atoms with van der Waals surface area (Å²) in [6, 6.07) is 0. The van der Waals surface area contributed by atoms with Crippen LogP contribution in [0, 0.1) is 34.5 Å². The molecular formula is C24H38O3. The predicted octanol–water partition coefficient (Wildman–Crippen LogP) is 5.35. The van der Waals surface area contributed by atoms with Crippen molar-refractivity contribution in [3.05, 3.63) is 0 Å². The monoisotopic (exact) mass is 374 g/mol. The Kier molecular flexibility index (Phi) is 4.85. The van der Waals surface area contributed by atoms with Gasteiger partial charge in [0.15, 0.2) is 5.78 Å². The molecule has 0 aromatic heterocycles. The molecule has 4 aliphatic rings. The van der Waals surface area contributed by atoms with Crippen molar-refractivity contribution in [2.24, 2.45) is 34.5 Å². The van der Waals surface area contributed by atoms with Gasteiger partial charge >= 0.3 is 0 Å². The minimum Gasteiger partial charge on any atom is -0.367 e. The zero-order chi connectivity index (χ0) is 19.4. The third-order valence-corrected chi connectivity index (χ3v) is 9.64. The van der Waals surface area contributed by atoms with Gasteiger partial charge in [0.2, 0.25) is 0 Å². The van der Waals surface area contributed by atoms with E-state index < -0.39 is 5.60 Å². The van der Waals surface area contributed by atoms with Crippen molar-refractivity contribution in [1.29, 1.82) is 0 Å². The number of rotatable bonds is 4. The minimum atomic E-state index is -0.528. The Bertz CT molecular complexity index is 627. The lowest BCUT2D eigenvalue weighted by atomic mass is 9.44. The van der Waals surface area contributed by atoms with E-state index in [9.17, 15) is 9.59 Å². The van der Waals surface area contributed by atoms with E-state index in [1.807, 2.05) is 0 Å². The van der Waals surface area contributed by atoms with E-state index in [1.54, 1.807) is 6.92 Å². The maximum absolute atomic E-state index is 12.6. The first-order valence-electron chi connectivity index (χ1n) is 11.4. The Hall–Kier alpha value is -0.700. The van der Waals surface area contributed by atoms with Crippen LogP contribution in [0.5, 0.6) is 0 Å². The number of Topliss-reactive ketones (excluding diaryl/α,β-unsaturated/α-hetero) is 2. The van der Waals surface area contributed by atoms with Gasteiger partial charge in [-0.2, -0.15) is 0 Å². The SMILES string of the molecule is CCCO[C@@]1(C(C)=O)CC[C@@]2(C)[C@@H](CC[C@@H]3[C@H]4CCC(=O)[C@@]4(C)CC[C@@H]32)C1. The molecule has 152 valence electrons. The van der Waals surface area contributed by atoms with Gasteiger partial charge in [0, 0.05) is 18.4 Å². The van der Waals surface area contributed by atoms with Crippen LogP contribution in [0.15, 0.2) is 0 Å². The molecule has 3 nitrogen and oxygen atoms in total. The summed E-state index contributed by atoms with van der Waals surface area (Å²) in [5.41, 5.74) is -0.240. The lowest BCUT2D eigenvalue weighted by Crippen LogP contribution is -2.57. The molecule has 4 aliphatic carbocycles. The lowest BCUT2D eigenvalue weighted by Gasteiger charge is -2.61. The lowest BCUT2D eigenvalue weighted by molar-refractivity contribution is -0.176. The number of hydrogen-bond acceptors (Lipinski definition) is 3. The van der Waals surface area contributed by atoms with E-state index in [1.165, 1.54) is 19.3 Å². The highest BCUT2D eigenvalue weighted by molar-refractivity contribution is 5.87. The topological polar surface area (TPSA) is 43.4 Å². The molecule has 3 heteroatoms. The summed E-state index contributed by atoms with van der Waals surface area (Å²) in [5.74, 6) is 3.42. The van der Waals surface area contributed by atoms with Gasteiger partial charge in [0.25, 0.3) is 0 Å². The van der Waals surface area contributed by atoms with Crippen LogP contribution in [0.4, 0.5) is 0 Å². The maximum Gasteiger partial charge on any atom is 0.161 e. The predicted molar refractivity (Wildman–Crippen MR) is 106 cm³/mol. The number of carbonyl (C=O) groups excluding carboxylic acids is 2. The fourth-order valence-electron chi connectivity index (χ4n) is 7.85. The van der Waals surface area contributed by atoms with Crippen LogP contribution in [0.3, 0.4) is 0 Å². The summed E-state index contributed by atoms with van der Waals surface area (Å²) in [4.78, 5) is 25.1. The fraction of sp³-hybridized carbons (Fsp3) is 0.917. The number of fused-ring (bicyclic) bond motifs is 5. The van der Waals surface area contributed by atoms with Crippen LogP contribution in [-0.2, 0) is 14.3 Å². The van der Waals surface area contributed by atoms with Gasteiger partial charge in [-0.25, -0.2) is 0 Å². The van der Waals surface area contributed by atoms with Crippen molar-refractivity contribution in [3.8, 4) is 0 Å². The smallest absolute Gasteiger partial charge is 0.161 e. The highest BCUT2D eigenvalue weighted by Crippen LogP contribution is 2.66. The van der Waals surface area contributed by atoms with Gasteiger partial charge < -0.3 is 4.74 Å². The zero-order valence-corrected chi connectivity index (χ0v) is 17.8. The molecule has 0 N–H and O–H groups in total. The Morgan fingerprint density at radius 2 is 1.85 bits per heavy atom. The Labute approximate surface area is 165 Å². The second-order valence-corrected chi connectivity index (χ2v) is 10.7. The van der Waals surface area contributed by atoms with Crippen molar-refractivity contribution < 1.29 is 14.3 Å². The average Bonchev–Trinajstić information content (AvgIpc) is 2.95. The molecule has 4 saturated carbocycles. The molecule has 0 radical (unpaired) electrons. The van der Waals surface area contributed by atoms with Crippen molar-refractivity contribution in [2.45, 2.75) is 97.5 Å². The molecule has 0 aromatic rings. The summed E-state index contributed by atoms with van der Waals surface area (Å²) >= 11 is 0. The molecule has 0 aromatic carbocycles. The van der Waals surface area contributed by atoms with E-state index in [0.717, 1.165) is 56.8 Å². The molecule has 0 saturated heterocycles. The summed E-state index contributed by atoms with van der Waals surface area (Å²) in [7, 11) is 0. The largest absolute Gasteiger partial charge is 0.367 e. The quantitative estimate of drug-likeness (QED) is 0.666. The molecule has 4 fully saturated rings. The van der Waals surface area contributed by atoms with Gasteiger partial charge in [-0.05, 0) is 93.8 Å². The van der Waals surface area contributed by atoms with Crippen LogP contribution in [0.2, 0.25) is 0 Å². The number of ketones is 2.